The van der Waals surface area contributed by atoms with Gasteiger partial charge in [0.25, 0.3) is 5.91 Å². The lowest BCUT2D eigenvalue weighted by molar-refractivity contribution is -0.896. The summed E-state index contributed by atoms with van der Waals surface area (Å²) in [6.07, 6.45) is 1.06. The Kier molecular flexibility index (Phi) is 4.45. The normalized spacial score (nSPS) is 27.5. The van der Waals surface area contributed by atoms with Gasteiger partial charge in [-0.1, -0.05) is 6.92 Å². The van der Waals surface area contributed by atoms with Gasteiger partial charge in [0.2, 0.25) is 5.91 Å². The Morgan fingerprint density at radius 3 is 2.37 bits per heavy atom. The molecule has 5 nitrogen and oxygen atoms in total. The smallest absolute Gasteiger partial charge is 0.275 e. The second-order valence-electron chi connectivity index (χ2n) is 6.29. The third-order valence-corrected chi connectivity index (χ3v) is 4.07. The van der Waals surface area contributed by atoms with Gasteiger partial charge in [-0.2, -0.15) is 0 Å². The Balaban J connectivity index is 1.70. The van der Waals surface area contributed by atoms with Crippen LogP contribution in [0, 0.1) is 11.8 Å². The molecule has 2 fully saturated rings. The Morgan fingerprint density at radius 2 is 1.89 bits per heavy atom. The summed E-state index contributed by atoms with van der Waals surface area (Å²) in [4.78, 5) is 27.0. The summed E-state index contributed by atoms with van der Waals surface area (Å²) >= 11 is 0. The number of amides is 2. The van der Waals surface area contributed by atoms with Crippen LogP contribution in [0.5, 0.6) is 0 Å². The molecule has 2 rings (SSSR count). The van der Waals surface area contributed by atoms with E-state index in [4.69, 9.17) is 0 Å². The first-order valence-corrected chi connectivity index (χ1v) is 7.39. The molecule has 1 aliphatic carbocycles. The topological polar surface area (TPSA) is 53.9 Å². The molecule has 0 unspecified atom stereocenters. The number of carbonyl (C=O) groups is 2. The molecule has 0 aromatic heterocycles. The minimum Gasteiger partial charge on any atom is -0.349 e. The van der Waals surface area contributed by atoms with E-state index in [0.29, 0.717) is 18.4 Å². The standard InChI is InChI=1S/C14H25N3O2/c1-10(2)15-13(18)9-16-4-6-17(7-5-16)14(19)12-8-11(12)3/h10-12H,4-9H2,1-3H3,(H,15,18)/p+1/t11-,12-/m1/s1. The molecule has 1 heterocycles. The molecule has 0 spiro atoms. The van der Waals surface area contributed by atoms with Crippen molar-refractivity contribution in [2.24, 2.45) is 11.8 Å². The van der Waals surface area contributed by atoms with Crippen LogP contribution in [0.3, 0.4) is 0 Å². The molecular formula is C14H26N3O2+. The number of quaternary nitrogens is 1. The Morgan fingerprint density at radius 1 is 1.32 bits per heavy atom. The summed E-state index contributed by atoms with van der Waals surface area (Å²) in [6.45, 7) is 9.98. The zero-order valence-electron chi connectivity index (χ0n) is 12.2. The molecule has 2 N–H and O–H groups in total. The van der Waals surface area contributed by atoms with Crippen molar-refractivity contribution in [3.8, 4) is 0 Å². The minimum absolute atomic E-state index is 0.112. The largest absolute Gasteiger partial charge is 0.349 e. The fourth-order valence-electron chi connectivity index (χ4n) is 2.72. The van der Waals surface area contributed by atoms with E-state index in [1.165, 1.54) is 4.90 Å². The molecule has 2 amide bonds. The highest BCUT2D eigenvalue weighted by Gasteiger charge is 2.42. The maximum atomic E-state index is 12.1. The number of hydrogen-bond donors (Lipinski definition) is 2. The van der Waals surface area contributed by atoms with Crippen molar-refractivity contribution in [2.75, 3.05) is 32.7 Å². The van der Waals surface area contributed by atoms with E-state index >= 15 is 0 Å². The van der Waals surface area contributed by atoms with Gasteiger partial charge in [-0.15, -0.1) is 0 Å². The second kappa shape index (κ2) is 5.90. The third kappa shape index (κ3) is 3.93. The van der Waals surface area contributed by atoms with Crippen LogP contribution in [0.15, 0.2) is 0 Å². The van der Waals surface area contributed by atoms with E-state index in [1.807, 2.05) is 18.7 Å². The van der Waals surface area contributed by atoms with Gasteiger partial charge in [-0.3, -0.25) is 9.59 Å². The maximum absolute atomic E-state index is 12.1. The van der Waals surface area contributed by atoms with E-state index in [9.17, 15) is 9.59 Å². The van der Waals surface area contributed by atoms with Gasteiger partial charge in [0.15, 0.2) is 6.54 Å². The number of rotatable bonds is 4. The maximum Gasteiger partial charge on any atom is 0.275 e. The van der Waals surface area contributed by atoms with Gasteiger partial charge >= 0.3 is 0 Å². The molecule has 108 valence electrons. The molecular weight excluding hydrogens is 242 g/mol. The summed E-state index contributed by atoms with van der Waals surface area (Å²) < 4.78 is 0. The number of carbonyl (C=O) groups excluding carboxylic acids is 2. The van der Waals surface area contributed by atoms with Crippen molar-refractivity contribution in [3.63, 3.8) is 0 Å². The van der Waals surface area contributed by atoms with Crippen LogP contribution in [0.25, 0.3) is 0 Å². The average Bonchev–Trinajstić information content (AvgIpc) is 3.05. The van der Waals surface area contributed by atoms with E-state index in [0.717, 1.165) is 32.6 Å². The van der Waals surface area contributed by atoms with Gasteiger partial charge in [-0.25, -0.2) is 0 Å². The van der Waals surface area contributed by atoms with Gasteiger partial charge < -0.3 is 15.1 Å². The number of nitrogens with zero attached hydrogens (tertiary/aromatic N) is 1. The van der Waals surface area contributed by atoms with Gasteiger partial charge in [0, 0.05) is 12.0 Å². The summed E-state index contributed by atoms with van der Waals surface area (Å²) in [6, 6.07) is 0.200. The number of nitrogens with one attached hydrogen (secondary N) is 2. The van der Waals surface area contributed by atoms with E-state index in [1.54, 1.807) is 0 Å². The minimum atomic E-state index is 0.112. The fraction of sp³-hybridized carbons (Fsp3) is 0.857. The molecule has 1 saturated heterocycles. The van der Waals surface area contributed by atoms with E-state index in [-0.39, 0.29) is 17.9 Å². The van der Waals surface area contributed by atoms with Crippen molar-refractivity contribution in [1.82, 2.24) is 10.2 Å². The van der Waals surface area contributed by atoms with Gasteiger partial charge in [0.1, 0.15) is 0 Å². The first-order chi connectivity index (χ1) is 8.97. The number of piperazine rings is 1. The van der Waals surface area contributed by atoms with Crippen LogP contribution in [-0.2, 0) is 9.59 Å². The van der Waals surface area contributed by atoms with Crippen LogP contribution in [0.2, 0.25) is 0 Å². The third-order valence-electron chi connectivity index (χ3n) is 4.07. The summed E-state index contributed by atoms with van der Waals surface area (Å²) in [7, 11) is 0. The van der Waals surface area contributed by atoms with Crippen LogP contribution in [0.1, 0.15) is 27.2 Å². The Bertz CT molecular complexity index is 349. The molecule has 0 aromatic rings. The second-order valence-corrected chi connectivity index (χ2v) is 6.29. The van der Waals surface area contributed by atoms with Crippen molar-refractivity contribution in [3.05, 3.63) is 0 Å². The highest BCUT2D eigenvalue weighted by molar-refractivity contribution is 5.81. The molecule has 0 aromatic carbocycles. The lowest BCUT2D eigenvalue weighted by atomic mass is 10.2. The zero-order chi connectivity index (χ0) is 14.0. The highest BCUT2D eigenvalue weighted by Crippen LogP contribution is 2.39. The van der Waals surface area contributed by atoms with Crippen molar-refractivity contribution in [1.29, 1.82) is 0 Å². The fourth-order valence-corrected chi connectivity index (χ4v) is 2.72. The summed E-state index contributed by atoms with van der Waals surface area (Å²) in [5.74, 6) is 1.30. The average molecular weight is 268 g/mol. The molecule has 5 heteroatoms. The lowest BCUT2D eigenvalue weighted by Gasteiger charge is -2.32. The molecule has 0 bridgehead atoms. The monoisotopic (exact) mass is 268 g/mol. The predicted molar refractivity (Wildman–Crippen MR) is 72.7 cm³/mol. The van der Waals surface area contributed by atoms with Gasteiger partial charge in [0.05, 0.1) is 26.2 Å². The molecule has 1 saturated carbocycles. The molecule has 2 aliphatic rings. The molecule has 0 radical (unpaired) electrons. The predicted octanol–water partition coefficient (Wildman–Crippen LogP) is -1.11. The molecule has 19 heavy (non-hydrogen) atoms. The van der Waals surface area contributed by atoms with Crippen molar-refractivity contribution in [2.45, 2.75) is 33.2 Å². The summed E-state index contributed by atoms with van der Waals surface area (Å²) in [5.41, 5.74) is 0. The van der Waals surface area contributed by atoms with Gasteiger partial charge in [-0.05, 0) is 26.2 Å². The molecule has 2 atom stereocenters. The number of hydrogen-bond acceptors (Lipinski definition) is 2. The quantitative estimate of drug-likeness (QED) is 0.680. The zero-order valence-corrected chi connectivity index (χ0v) is 12.2. The molecule has 1 aliphatic heterocycles. The van der Waals surface area contributed by atoms with Crippen LogP contribution >= 0.6 is 0 Å². The van der Waals surface area contributed by atoms with Crippen LogP contribution in [-0.4, -0.2) is 55.5 Å². The van der Waals surface area contributed by atoms with E-state index < -0.39 is 0 Å². The Labute approximate surface area is 115 Å². The van der Waals surface area contributed by atoms with Crippen molar-refractivity contribution < 1.29 is 14.5 Å². The van der Waals surface area contributed by atoms with Crippen LogP contribution < -0.4 is 10.2 Å². The highest BCUT2D eigenvalue weighted by atomic mass is 16.2. The van der Waals surface area contributed by atoms with Crippen molar-refractivity contribution >= 4 is 11.8 Å². The summed E-state index contributed by atoms with van der Waals surface area (Å²) in [5, 5.41) is 2.92. The Hall–Kier alpha value is -1.10. The van der Waals surface area contributed by atoms with Crippen LogP contribution in [0.4, 0.5) is 0 Å². The lowest BCUT2D eigenvalue weighted by Crippen LogP contribution is -3.16. The van der Waals surface area contributed by atoms with E-state index in [2.05, 4.69) is 12.2 Å². The first kappa shape index (κ1) is 14.3. The first-order valence-electron chi connectivity index (χ1n) is 7.39. The SMILES string of the molecule is CC(C)NC(=O)C[NH+]1CCN(C(=O)[C@@H]2C[C@H]2C)CC1.